The molecular formula is C23H19ClFN7O3. The number of hydrogen-bond donors (Lipinski definition) is 2. The quantitative estimate of drug-likeness (QED) is 0.362. The van der Waals surface area contributed by atoms with Crippen LogP contribution in [-0.2, 0) is 9.53 Å². The number of aromatic nitrogens is 5. The lowest BCUT2D eigenvalue weighted by molar-refractivity contribution is -0.114. The van der Waals surface area contributed by atoms with Gasteiger partial charge in [0.1, 0.15) is 5.82 Å². The zero-order valence-corrected chi connectivity index (χ0v) is 19.4. The van der Waals surface area contributed by atoms with Crippen molar-refractivity contribution >= 4 is 40.9 Å². The number of pyridine rings is 1. The van der Waals surface area contributed by atoms with Gasteiger partial charge in [0.25, 0.3) is 0 Å². The van der Waals surface area contributed by atoms with Gasteiger partial charge in [-0.15, -0.1) is 5.10 Å². The van der Waals surface area contributed by atoms with E-state index in [0.717, 1.165) is 0 Å². The van der Waals surface area contributed by atoms with E-state index in [-0.39, 0.29) is 29.0 Å². The minimum Gasteiger partial charge on any atom is -0.462 e. The van der Waals surface area contributed by atoms with Gasteiger partial charge in [0, 0.05) is 54.6 Å². The molecule has 0 radical (unpaired) electrons. The highest BCUT2D eigenvalue weighted by Gasteiger charge is 2.16. The molecule has 0 atom stereocenters. The Balaban J connectivity index is 1.78. The summed E-state index contributed by atoms with van der Waals surface area (Å²) < 4.78 is 20.0. The van der Waals surface area contributed by atoms with E-state index in [0.29, 0.717) is 28.5 Å². The molecule has 0 unspecified atom stereocenters. The number of carbonyl (C=O) groups is 2. The first-order valence-electron chi connectivity index (χ1n) is 10.4. The molecule has 10 nitrogen and oxygen atoms in total. The van der Waals surface area contributed by atoms with Gasteiger partial charge >= 0.3 is 5.97 Å². The minimum absolute atomic E-state index is 0.0549. The number of carbonyl (C=O) groups excluding carboxylic acids is 2. The van der Waals surface area contributed by atoms with Gasteiger partial charge in [0.2, 0.25) is 11.9 Å². The van der Waals surface area contributed by atoms with E-state index < -0.39 is 11.8 Å². The van der Waals surface area contributed by atoms with Crippen LogP contribution in [0.4, 0.5) is 21.8 Å². The number of rotatable bonds is 7. The summed E-state index contributed by atoms with van der Waals surface area (Å²) in [6, 6.07) is 7.34. The van der Waals surface area contributed by atoms with Gasteiger partial charge in [-0.3, -0.25) is 9.78 Å². The average molecular weight is 496 g/mol. The average Bonchev–Trinajstić information content (AvgIpc) is 3.29. The topological polar surface area (TPSA) is 124 Å². The van der Waals surface area contributed by atoms with Gasteiger partial charge in [0.05, 0.1) is 17.2 Å². The Bertz CT molecular complexity index is 1410. The van der Waals surface area contributed by atoms with E-state index in [9.17, 15) is 14.0 Å². The Labute approximate surface area is 204 Å². The summed E-state index contributed by atoms with van der Waals surface area (Å²) in [7, 11) is 0. The van der Waals surface area contributed by atoms with Crippen LogP contribution in [0.25, 0.3) is 16.9 Å². The van der Waals surface area contributed by atoms with E-state index >= 15 is 0 Å². The number of benzene rings is 1. The van der Waals surface area contributed by atoms with Crippen molar-refractivity contribution in [3.8, 4) is 16.9 Å². The zero-order valence-electron chi connectivity index (χ0n) is 18.6. The molecule has 0 spiro atoms. The van der Waals surface area contributed by atoms with Crippen molar-refractivity contribution in [3.63, 3.8) is 0 Å². The van der Waals surface area contributed by atoms with Crippen LogP contribution >= 0.6 is 11.6 Å². The number of hydrogen-bond acceptors (Lipinski definition) is 8. The first kappa shape index (κ1) is 23.8. The Hall–Kier alpha value is -4.38. The number of nitrogens with zero attached hydrogens (tertiary/aromatic N) is 5. The fourth-order valence-electron chi connectivity index (χ4n) is 3.12. The van der Waals surface area contributed by atoms with Crippen molar-refractivity contribution in [2.24, 2.45) is 0 Å². The first-order valence-corrected chi connectivity index (χ1v) is 10.8. The Morgan fingerprint density at radius 3 is 2.74 bits per heavy atom. The van der Waals surface area contributed by atoms with Crippen LogP contribution in [0.1, 0.15) is 24.2 Å². The van der Waals surface area contributed by atoms with Crippen molar-refractivity contribution in [1.29, 1.82) is 0 Å². The van der Waals surface area contributed by atoms with Crippen LogP contribution in [0, 0.1) is 5.82 Å². The molecule has 178 valence electrons. The van der Waals surface area contributed by atoms with Gasteiger partial charge in [-0.05, 0) is 31.2 Å². The van der Waals surface area contributed by atoms with Gasteiger partial charge < -0.3 is 15.4 Å². The molecule has 0 aliphatic heterocycles. The largest absolute Gasteiger partial charge is 0.462 e. The summed E-state index contributed by atoms with van der Waals surface area (Å²) in [4.78, 5) is 36.7. The van der Waals surface area contributed by atoms with Crippen LogP contribution in [0.15, 0.2) is 55.1 Å². The van der Waals surface area contributed by atoms with Crippen LogP contribution in [-0.4, -0.2) is 43.2 Å². The maximum Gasteiger partial charge on any atom is 0.339 e. The fraction of sp³-hybridized carbons (Fsp3) is 0.130. The molecule has 4 rings (SSSR count). The van der Waals surface area contributed by atoms with E-state index in [1.807, 2.05) is 0 Å². The van der Waals surface area contributed by atoms with Crippen molar-refractivity contribution < 1.29 is 18.7 Å². The predicted octanol–water partition coefficient (Wildman–Crippen LogP) is 4.40. The molecule has 0 saturated carbocycles. The number of amides is 1. The molecule has 0 saturated heterocycles. The van der Waals surface area contributed by atoms with Crippen molar-refractivity contribution in [3.05, 3.63) is 71.5 Å². The number of halogens is 2. The Morgan fingerprint density at radius 1 is 1.17 bits per heavy atom. The highest BCUT2D eigenvalue weighted by Crippen LogP contribution is 2.28. The lowest BCUT2D eigenvalue weighted by Crippen LogP contribution is -2.09. The molecule has 35 heavy (non-hydrogen) atoms. The molecule has 12 heteroatoms. The standard InChI is InChI=1S/C23H19ClFN7O3/c1-3-35-22(34)15-8-14(10-26-11-15)17-12-27-23(29-16-4-5-19(25)18(24)9-16)30-21(17)32-7-6-20(31-32)28-13(2)33/h4-12H,3H2,1-2H3,(H,27,29,30)(H,28,31,33). The van der Waals surface area contributed by atoms with Crippen molar-refractivity contribution in [1.82, 2.24) is 24.7 Å². The van der Waals surface area contributed by atoms with Crippen LogP contribution in [0.3, 0.4) is 0 Å². The van der Waals surface area contributed by atoms with Gasteiger partial charge in [-0.2, -0.15) is 4.98 Å². The smallest absolute Gasteiger partial charge is 0.339 e. The molecule has 0 bridgehead atoms. The molecule has 0 aliphatic rings. The first-order chi connectivity index (χ1) is 16.8. The predicted molar refractivity (Wildman–Crippen MR) is 127 cm³/mol. The van der Waals surface area contributed by atoms with Gasteiger partial charge in [-0.1, -0.05) is 11.6 Å². The molecular weight excluding hydrogens is 477 g/mol. The third kappa shape index (κ3) is 5.58. The molecule has 1 aromatic carbocycles. The molecule has 2 N–H and O–H groups in total. The zero-order chi connectivity index (χ0) is 24.9. The number of ether oxygens (including phenoxy) is 1. The molecule has 1 amide bonds. The third-order valence-electron chi connectivity index (χ3n) is 4.61. The normalized spacial score (nSPS) is 10.6. The second-order valence-electron chi connectivity index (χ2n) is 7.19. The summed E-state index contributed by atoms with van der Waals surface area (Å²) >= 11 is 5.87. The number of nitrogens with one attached hydrogen (secondary N) is 2. The number of anilines is 3. The van der Waals surface area contributed by atoms with E-state index in [1.54, 1.807) is 31.5 Å². The second-order valence-corrected chi connectivity index (χ2v) is 7.60. The van der Waals surface area contributed by atoms with Crippen LogP contribution in [0.2, 0.25) is 5.02 Å². The van der Waals surface area contributed by atoms with E-state index in [4.69, 9.17) is 16.3 Å². The third-order valence-corrected chi connectivity index (χ3v) is 4.90. The SMILES string of the molecule is CCOC(=O)c1cncc(-c2cnc(Nc3ccc(F)c(Cl)c3)nc2-n2ccc(NC(C)=O)n2)c1. The minimum atomic E-state index is -0.551. The molecule has 3 aromatic heterocycles. The van der Waals surface area contributed by atoms with Crippen LogP contribution < -0.4 is 10.6 Å². The van der Waals surface area contributed by atoms with E-state index in [1.165, 1.54) is 42.2 Å². The molecule has 3 heterocycles. The molecule has 0 fully saturated rings. The van der Waals surface area contributed by atoms with Gasteiger partial charge in [-0.25, -0.2) is 18.9 Å². The maximum atomic E-state index is 13.5. The highest BCUT2D eigenvalue weighted by atomic mass is 35.5. The van der Waals surface area contributed by atoms with Crippen molar-refractivity contribution in [2.45, 2.75) is 13.8 Å². The summed E-state index contributed by atoms with van der Waals surface area (Å²) in [6.07, 6.45) is 6.09. The molecule has 4 aromatic rings. The monoisotopic (exact) mass is 495 g/mol. The highest BCUT2D eigenvalue weighted by molar-refractivity contribution is 6.31. The lowest BCUT2D eigenvalue weighted by atomic mass is 10.1. The summed E-state index contributed by atoms with van der Waals surface area (Å²) in [5, 5.41) is 9.87. The summed E-state index contributed by atoms with van der Waals surface area (Å²) in [5.74, 6) is -0.513. The Kier molecular flexibility index (Phi) is 6.97. The van der Waals surface area contributed by atoms with Gasteiger partial charge in [0.15, 0.2) is 11.6 Å². The summed E-state index contributed by atoms with van der Waals surface area (Å²) in [6.45, 7) is 3.31. The summed E-state index contributed by atoms with van der Waals surface area (Å²) in [5.41, 5.74) is 1.78. The second kappa shape index (κ2) is 10.3. The Morgan fingerprint density at radius 2 is 2.00 bits per heavy atom. The van der Waals surface area contributed by atoms with Crippen molar-refractivity contribution in [2.75, 3.05) is 17.2 Å². The van der Waals surface area contributed by atoms with E-state index in [2.05, 4.69) is 30.7 Å². The number of esters is 1. The fourth-order valence-corrected chi connectivity index (χ4v) is 3.30. The maximum absolute atomic E-state index is 13.5. The van der Waals surface area contributed by atoms with Crippen LogP contribution in [0.5, 0.6) is 0 Å². The molecule has 0 aliphatic carbocycles. The lowest BCUT2D eigenvalue weighted by Gasteiger charge is -2.12.